The molecule has 2 heterocycles. The molecule has 3 nitrogen and oxygen atoms in total. The second-order valence-electron chi connectivity index (χ2n) is 4.49. The second-order valence-corrected chi connectivity index (χ2v) is 5.53. The quantitative estimate of drug-likeness (QED) is 0.881. The molecule has 0 aliphatic carbocycles. The minimum Gasteiger partial charge on any atom is -0.367 e. The van der Waals surface area contributed by atoms with Gasteiger partial charge in [0.25, 0.3) is 0 Å². The minimum atomic E-state index is 0.373. The second kappa shape index (κ2) is 5.36. The maximum atomic E-state index is 5.78. The van der Waals surface area contributed by atoms with Crippen LogP contribution in [-0.4, -0.2) is 5.16 Å². The Morgan fingerprint density at radius 2 is 2.24 bits per heavy atom. The third-order valence-corrected chi connectivity index (χ3v) is 3.76. The number of hydrogen-bond acceptors (Lipinski definition) is 4. The molecule has 4 heteroatoms. The fourth-order valence-corrected chi connectivity index (χ4v) is 2.78. The van der Waals surface area contributed by atoms with Gasteiger partial charge in [-0.15, -0.1) is 11.3 Å². The molecule has 0 bridgehead atoms. The molecule has 0 spiro atoms. The first-order valence-corrected chi connectivity index (χ1v) is 6.82. The highest BCUT2D eigenvalue weighted by Gasteiger charge is 2.16. The van der Waals surface area contributed by atoms with E-state index in [4.69, 9.17) is 10.3 Å². The number of aromatic nitrogens is 1. The zero-order valence-corrected chi connectivity index (χ0v) is 11.1. The van der Waals surface area contributed by atoms with Gasteiger partial charge >= 0.3 is 0 Å². The maximum Gasteiger partial charge on any atom is 0.225 e. The molecule has 2 aromatic heterocycles. The summed E-state index contributed by atoms with van der Waals surface area (Å²) in [6.07, 6.45) is 3.13. The Labute approximate surface area is 106 Å². The summed E-state index contributed by atoms with van der Waals surface area (Å²) in [6, 6.07) is 4.26. The Balaban J connectivity index is 1.95. The summed E-state index contributed by atoms with van der Waals surface area (Å²) >= 11 is 1.81. The smallest absolute Gasteiger partial charge is 0.225 e. The first kappa shape index (κ1) is 12.2. The van der Waals surface area contributed by atoms with Crippen LogP contribution in [0, 0.1) is 0 Å². The van der Waals surface area contributed by atoms with Crippen molar-refractivity contribution in [1.82, 2.24) is 5.16 Å². The molecule has 0 radical (unpaired) electrons. The van der Waals surface area contributed by atoms with Crippen molar-refractivity contribution in [2.75, 3.05) is 5.73 Å². The third kappa shape index (κ3) is 2.88. The number of thiophene rings is 1. The van der Waals surface area contributed by atoms with E-state index in [1.54, 1.807) is 11.3 Å². The van der Waals surface area contributed by atoms with Gasteiger partial charge in [0.05, 0.1) is 5.69 Å². The minimum absolute atomic E-state index is 0.373. The van der Waals surface area contributed by atoms with E-state index < -0.39 is 0 Å². The molecule has 0 saturated carbocycles. The molecule has 92 valence electrons. The Morgan fingerprint density at radius 3 is 2.88 bits per heavy atom. The number of nitrogens with zero attached hydrogens (tertiary/aromatic N) is 1. The van der Waals surface area contributed by atoms with E-state index in [0.717, 1.165) is 30.5 Å². The number of nitrogen functional groups attached to an aromatic ring is 1. The molecule has 0 amide bonds. The molecular formula is C13H18N2OS. The first-order chi connectivity index (χ1) is 8.18. The third-order valence-electron chi connectivity index (χ3n) is 2.82. The molecule has 0 unspecified atom stereocenters. The lowest BCUT2D eigenvalue weighted by atomic mass is 10.00. The van der Waals surface area contributed by atoms with Gasteiger partial charge in [-0.2, -0.15) is 0 Å². The van der Waals surface area contributed by atoms with Gasteiger partial charge in [0.2, 0.25) is 5.88 Å². The molecule has 0 aliphatic heterocycles. The number of hydrogen-bond donors (Lipinski definition) is 1. The van der Waals surface area contributed by atoms with Crippen LogP contribution in [0.25, 0.3) is 0 Å². The molecular weight excluding hydrogens is 232 g/mol. The molecule has 0 saturated heterocycles. The monoisotopic (exact) mass is 250 g/mol. The van der Waals surface area contributed by atoms with Crippen molar-refractivity contribution in [2.45, 2.75) is 39.0 Å². The van der Waals surface area contributed by atoms with E-state index in [9.17, 15) is 0 Å². The summed E-state index contributed by atoms with van der Waals surface area (Å²) in [4.78, 5) is 1.42. The van der Waals surface area contributed by atoms with Gasteiger partial charge in [0.15, 0.2) is 0 Å². The summed E-state index contributed by atoms with van der Waals surface area (Å²) in [7, 11) is 0. The van der Waals surface area contributed by atoms with Crippen LogP contribution in [0.5, 0.6) is 0 Å². The lowest BCUT2D eigenvalue weighted by Gasteiger charge is -2.04. The normalized spacial score (nSPS) is 11.2. The highest BCUT2D eigenvalue weighted by Crippen LogP contribution is 2.26. The molecule has 2 rings (SSSR count). The predicted octanol–water partition coefficient (Wildman–Crippen LogP) is 3.62. The zero-order chi connectivity index (χ0) is 12.3. The van der Waals surface area contributed by atoms with Crippen molar-refractivity contribution in [3.63, 3.8) is 0 Å². The Hall–Kier alpha value is -1.29. The van der Waals surface area contributed by atoms with Gasteiger partial charge in [-0.25, -0.2) is 0 Å². The van der Waals surface area contributed by atoms with Crippen LogP contribution in [-0.2, 0) is 12.8 Å². The highest BCUT2D eigenvalue weighted by molar-refractivity contribution is 7.09. The van der Waals surface area contributed by atoms with Gasteiger partial charge in [0.1, 0.15) is 0 Å². The molecule has 17 heavy (non-hydrogen) atoms. The molecule has 2 aromatic rings. The molecule has 0 fully saturated rings. The van der Waals surface area contributed by atoms with Crippen molar-refractivity contribution in [3.05, 3.63) is 33.6 Å². The number of aryl methyl sites for hydroxylation is 2. The lowest BCUT2D eigenvalue weighted by molar-refractivity contribution is 0.426. The Kier molecular flexibility index (Phi) is 3.84. The predicted molar refractivity (Wildman–Crippen MR) is 71.3 cm³/mol. The van der Waals surface area contributed by atoms with Crippen molar-refractivity contribution in [1.29, 1.82) is 0 Å². The van der Waals surface area contributed by atoms with Crippen LogP contribution in [0.2, 0.25) is 0 Å². The number of anilines is 1. The largest absolute Gasteiger partial charge is 0.367 e. The number of nitrogens with two attached hydrogens (primary N) is 1. The van der Waals surface area contributed by atoms with Gasteiger partial charge in [0, 0.05) is 10.4 Å². The molecule has 2 N–H and O–H groups in total. The van der Waals surface area contributed by atoms with Gasteiger partial charge in [-0.05, 0) is 36.6 Å². The van der Waals surface area contributed by atoms with Crippen molar-refractivity contribution >= 4 is 17.2 Å². The summed E-state index contributed by atoms with van der Waals surface area (Å²) in [5, 5.41) is 6.17. The lowest BCUT2D eigenvalue weighted by Crippen LogP contribution is -1.98. The van der Waals surface area contributed by atoms with Crippen molar-refractivity contribution in [2.24, 2.45) is 0 Å². The zero-order valence-electron chi connectivity index (χ0n) is 10.3. The van der Waals surface area contributed by atoms with Crippen LogP contribution in [0.3, 0.4) is 0 Å². The van der Waals surface area contributed by atoms with Gasteiger partial charge in [-0.1, -0.05) is 25.1 Å². The van der Waals surface area contributed by atoms with Crippen molar-refractivity contribution in [3.8, 4) is 0 Å². The summed E-state index contributed by atoms with van der Waals surface area (Å²) in [5.74, 6) is 0.851. The van der Waals surface area contributed by atoms with Crippen LogP contribution in [0.15, 0.2) is 22.0 Å². The van der Waals surface area contributed by atoms with Gasteiger partial charge in [-0.3, -0.25) is 0 Å². The van der Waals surface area contributed by atoms with Gasteiger partial charge < -0.3 is 10.3 Å². The SMILES string of the molecule is CC(C)c1c(CCCc2cccs2)noc1N. The summed E-state index contributed by atoms with van der Waals surface area (Å²) in [5.41, 5.74) is 7.88. The van der Waals surface area contributed by atoms with E-state index in [-0.39, 0.29) is 0 Å². The topological polar surface area (TPSA) is 52.0 Å². The fraction of sp³-hybridized carbons (Fsp3) is 0.462. The Morgan fingerprint density at radius 1 is 1.41 bits per heavy atom. The summed E-state index contributed by atoms with van der Waals surface area (Å²) in [6.45, 7) is 4.23. The highest BCUT2D eigenvalue weighted by atomic mass is 32.1. The molecule has 0 aliphatic rings. The average molecular weight is 250 g/mol. The van der Waals surface area contributed by atoms with E-state index in [2.05, 4.69) is 36.5 Å². The van der Waals surface area contributed by atoms with Crippen molar-refractivity contribution < 1.29 is 4.52 Å². The summed E-state index contributed by atoms with van der Waals surface area (Å²) < 4.78 is 5.08. The van der Waals surface area contributed by atoms with E-state index in [1.807, 2.05) is 0 Å². The first-order valence-electron chi connectivity index (χ1n) is 5.94. The Bertz CT molecular complexity index is 460. The number of rotatable bonds is 5. The van der Waals surface area contributed by atoms with Crippen LogP contribution < -0.4 is 5.73 Å². The van der Waals surface area contributed by atoms with Crippen LogP contribution in [0.4, 0.5) is 5.88 Å². The fourth-order valence-electron chi connectivity index (χ4n) is 2.03. The van der Waals surface area contributed by atoms with E-state index >= 15 is 0 Å². The standard InChI is InChI=1S/C13H18N2OS/c1-9(2)12-11(15-16-13(12)14)7-3-5-10-6-4-8-17-10/h4,6,8-9H,3,5,7,14H2,1-2H3. The van der Waals surface area contributed by atoms with E-state index in [0.29, 0.717) is 11.8 Å². The average Bonchev–Trinajstić information content (AvgIpc) is 2.88. The van der Waals surface area contributed by atoms with Crippen LogP contribution in [0.1, 0.15) is 42.3 Å². The molecule has 0 atom stereocenters. The van der Waals surface area contributed by atoms with E-state index in [1.165, 1.54) is 4.88 Å². The maximum absolute atomic E-state index is 5.78. The van der Waals surface area contributed by atoms with Crippen LogP contribution >= 0.6 is 11.3 Å². The molecule has 0 aromatic carbocycles.